The van der Waals surface area contributed by atoms with E-state index in [9.17, 15) is 13.2 Å². The predicted molar refractivity (Wildman–Crippen MR) is 74.2 cm³/mol. The molecule has 0 saturated carbocycles. The highest BCUT2D eigenvalue weighted by Gasteiger charge is 2.15. The number of carboxylic acid groups (broad SMARTS) is 1. The number of sulfone groups is 1. The third-order valence-electron chi connectivity index (χ3n) is 2.76. The first kappa shape index (κ1) is 15.0. The molecule has 0 amide bonds. The lowest BCUT2D eigenvalue weighted by molar-refractivity contribution is 0.0696. The summed E-state index contributed by atoms with van der Waals surface area (Å²) in [4.78, 5) is 10.8. The molecule has 0 saturated heterocycles. The fourth-order valence-electron chi connectivity index (χ4n) is 1.67. The van der Waals surface area contributed by atoms with Crippen molar-refractivity contribution in [2.24, 2.45) is 7.05 Å². The number of ether oxygens (including phenoxy) is 1. The average Bonchev–Trinajstić information content (AvgIpc) is 2.84. The van der Waals surface area contributed by atoms with Crippen molar-refractivity contribution in [1.29, 1.82) is 0 Å². The number of rotatable bonds is 6. The molecular formula is C13H14N2O5S. The summed E-state index contributed by atoms with van der Waals surface area (Å²) in [6, 6.07) is 5.08. The van der Waals surface area contributed by atoms with Gasteiger partial charge in [0.15, 0.2) is 15.6 Å². The maximum absolute atomic E-state index is 12.1. The molecule has 2 aromatic rings. The lowest BCUT2D eigenvalue weighted by Gasteiger charge is -2.06. The van der Waals surface area contributed by atoms with Gasteiger partial charge in [0.1, 0.15) is 6.61 Å². The minimum Gasteiger partial charge on any atom is -0.489 e. The number of hydrogen-bond acceptors (Lipinski definition) is 5. The standard InChI is InChI=1S/C13H14N2O5S/c1-15-9-11(8-14-15)20-6-7-21(18,19)12-4-2-10(3-5-12)13(16)17/h2-5,8-9H,6-7H2,1H3,(H,16,17). The summed E-state index contributed by atoms with van der Waals surface area (Å²) >= 11 is 0. The van der Waals surface area contributed by atoms with Gasteiger partial charge in [-0.15, -0.1) is 0 Å². The van der Waals surface area contributed by atoms with E-state index in [0.717, 1.165) is 0 Å². The number of carbonyl (C=O) groups is 1. The molecule has 0 atom stereocenters. The van der Waals surface area contributed by atoms with Crippen molar-refractivity contribution in [1.82, 2.24) is 9.78 Å². The number of hydrogen-bond donors (Lipinski definition) is 1. The molecule has 0 unspecified atom stereocenters. The minimum atomic E-state index is -3.51. The molecule has 0 aliphatic carbocycles. The van der Waals surface area contributed by atoms with Crippen LogP contribution in [-0.4, -0.2) is 41.6 Å². The molecule has 7 nitrogen and oxygen atoms in total. The largest absolute Gasteiger partial charge is 0.489 e. The van der Waals surface area contributed by atoms with E-state index in [0.29, 0.717) is 5.75 Å². The molecule has 1 aromatic heterocycles. The normalized spacial score (nSPS) is 11.3. The third kappa shape index (κ3) is 3.82. The SMILES string of the molecule is Cn1cc(OCCS(=O)(=O)c2ccc(C(=O)O)cc2)cn1. The first-order valence-corrected chi connectivity index (χ1v) is 7.71. The highest BCUT2D eigenvalue weighted by atomic mass is 32.2. The van der Waals surface area contributed by atoms with Gasteiger partial charge in [0.2, 0.25) is 0 Å². The van der Waals surface area contributed by atoms with Crippen LogP contribution in [0, 0.1) is 0 Å². The van der Waals surface area contributed by atoms with Gasteiger partial charge in [-0.2, -0.15) is 5.10 Å². The Kier molecular flexibility index (Phi) is 4.27. The van der Waals surface area contributed by atoms with Gasteiger partial charge in [0.25, 0.3) is 0 Å². The van der Waals surface area contributed by atoms with Crippen LogP contribution in [0.2, 0.25) is 0 Å². The Morgan fingerprint density at radius 3 is 2.52 bits per heavy atom. The molecule has 0 bridgehead atoms. The Hall–Kier alpha value is -2.35. The lowest BCUT2D eigenvalue weighted by atomic mass is 10.2. The summed E-state index contributed by atoms with van der Waals surface area (Å²) < 4.78 is 31.0. The highest BCUT2D eigenvalue weighted by Crippen LogP contribution is 2.13. The molecule has 21 heavy (non-hydrogen) atoms. The van der Waals surface area contributed by atoms with Crippen molar-refractivity contribution in [2.75, 3.05) is 12.4 Å². The van der Waals surface area contributed by atoms with E-state index in [4.69, 9.17) is 9.84 Å². The van der Waals surface area contributed by atoms with Crippen molar-refractivity contribution in [2.45, 2.75) is 4.90 Å². The Balaban J connectivity index is 1.99. The van der Waals surface area contributed by atoms with Crippen molar-refractivity contribution in [3.05, 3.63) is 42.2 Å². The van der Waals surface area contributed by atoms with E-state index in [1.54, 1.807) is 17.9 Å². The van der Waals surface area contributed by atoms with Crippen LogP contribution in [-0.2, 0) is 16.9 Å². The first-order valence-electron chi connectivity index (χ1n) is 6.06. The highest BCUT2D eigenvalue weighted by molar-refractivity contribution is 7.91. The van der Waals surface area contributed by atoms with Gasteiger partial charge in [-0.3, -0.25) is 4.68 Å². The van der Waals surface area contributed by atoms with Crippen LogP contribution in [0.1, 0.15) is 10.4 Å². The second-order valence-electron chi connectivity index (χ2n) is 4.35. The number of carboxylic acids is 1. The van der Waals surface area contributed by atoms with Gasteiger partial charge < -0.3 is 9.84 Å². The summed E-state index contributed by atoms with van der Waals surface area (Å²) in [5.41, 5.74) is 0.0422. The van der Waals surface area contributed by atoms with Crippen molar-refractivity contribution in [3.8, 4) is 5.75 Å². The molecule has 0 fully saturated rings. The van der Waals surface area contributed by atoms with Crippen LogP contribution in [0.5, 0.6) is 5.75 Å². The number of nitrogens with zero attached hydrogens (tertiary/aromatic N) is 2. The van der Waals surface area contributed by atoms with Crippen molar-refractivity contribution < 1.29 is 23.1 Å². The zero-order chi connectivity index (χ0) is 15.5. The van der Waals surface area contributed by atoms with E-state index in [-0.39, 0.29) is 22.8 Å². The van der Waals surface area contributed by atoms with Crippen molar-refractivity contribution in [3.63, 3.8) is 0 Å². The van der Waals surface area contributed by atoms with Crippen LogP contribution in [0.25, 0.3) is 0 Å². The summed E-state index contributed by atoms with van der Waals surface area (Å²) in [5, 5.41) is 12.7. The Bertz CT molecular complexity index is 734. The van der Waals surface area contributed by atoms with Gasteiger partial charge in [0, 0.05) is 7.05 Å². The molecule has 0 radical (unpaired) electrons. The monoisotopic (exact) mass is 310 g/mol. The third-order valence-corrected chi connectivity index (χ3v) is 4.46. The smallest absolute Gasteiger partial charge is 0.335 e. The molecule has 1 aromatic carbocycles. The molecule has 2 rings (SSSR count). The van der Waals surface area contributed by atoms with E-state index < -0.39 is 15.8 Å². The van der Waals surface area contributed by atoms with Gasteiger partial charge in [0.05, 0.1) is 28.6 Å². The van der Waals surface area contributed by atoms with Gasteiger partial charge in [-0.1, -0.05) is 0 Å². The molecular weight excluding hydrogens is 296 g/mol. The zero-order valence-corrected chi connectivity index (χ0v) is 12.1. The fourth-order valence-corrected chi connectivity index (χ4v) is 2.75. The van der Waals surface area contributed by atoms with Crippen LogP contribution in [0.15, 0.2) is 41.6 Å². The van der Waals surface area contributed by atoms with Gasteiger partial charge in [-0.05, 0) is 24.3 Å². The first-order chi connectivity index (χ1) is 9.88. The van der Waals surface area contributed by atoms with Crippen LogP contribution < -0.4 is 4.74 Å². The van der Waals surface area contributed by atoms with Crippen LogP contribution in [0.4, 0.5) is 0 Å². The topological polar surface area (TPSA) is 98.5 Å². The number of benzene rings is 1. The molecule has 1 N–H and O–H groups in total. The second-order valence-corrected chi connectivity index (χ2v) is 6.46. The maximum Gasteiger partial charge on any atom is 0.335 e. The molecule has 8 heteroatoms. The number of aryl methyl sites for hydroxylation is 1. The van der Waals surface area contributed by atoms with E-state index >= 15 is 0 Å². The predicted octanol–water partition coefficient (Wildman–Crippen LogP) is 0.971. The molecule has 112 valence electrons. The number of aromatic nitrogens is 2. The van der Waals surface area contributed by atoms with Gasteiger partial charge in [-0.25, -0.2) is 13.2 Å². The van der Waals surface area contributed by atoms with Gasteiger partial charge >= 0.3 is 5.97 Å². The zero-order valence-electron chi connectivity index (χ0n) is 11.3. The Morgan fingerprint density at radius 2 is 2.00 bits per heavy atom. The van der Waals surface area contributed by atoms with E-state index in [1.807, 2.05) is 0 Å². The quantitative estimate of drug-likeness (QED) is 0.853. The summed E-state index contributed by atoms with van der Waals surface area (Å²) in [5.74, 6) is -0.804. The minimum absolute atomic E-state index is 0.00525. The average molecular weight is 310 g/mol. The van der Waals surface area contributed by atoms with E-state index in [2.05, 4.69) is 5.10 Å². The maximum atomic E-state index is 12.1. The molecule has 0 spiro atoms. The fraction of sp³-hybridized carbons (Fsp3) is 0.231. The summed E-state index contributed by atoms with van der Waals surface area (Å²) in [7, 11) is -1.78. The molecule has 0 aliphatic heterocycles. The Labute approximate surface area is 121 Å². The Morgan fingerprint density at radius 1 is 1.33 bits per heavy atom. The van der Waals surface area contributed by atoms with E-state index in [1.165, 1.54) is 30.5 Å². The van der Waals surface area contributed by atoms with Crippen molar-refractivity contribution >= 4 is 15.8 Å². The molecule has 0 aliphatic rings. The van der Waals surface area contributed by atoms with Crippen LogP contribution >= 0.6 is 0 Å². The second kappa shape index (κ2) is 5.96. The number of aromatic carboxylic acids is 1. The lowest BCUT2D eigenvalue weighted by Crippen LogP contribution is -2.14. The summed E-state index contributed by atoms with van der Waals surface area (Å²) in [6.45, 7) is -0.00525. The van der Waals surface area contributed by atoms with Crippen LogP contribution in [0.3, 0.4) is 0 Å². The molecule has 1 heterocycles. The summed E-state index contributed by atoms with van der Waals surface area (Å²) in [6.07, 6.45) is 3.13.